The third-order valence-electron chi connectivity index (χ3n) is 4.39. The number of benzene rings is 2. The third kappa shape index (κ3) is 5.04. The lowest BCUT2D eigenvalue weighted by Gasteiger charge is -2.34. The Morgan fingerprint density at radius 1 is 1.15 bits per heavy atom. The van der Waals surface area contributed by atoms with Crippen LogP contribution in [0.4, 0.5) is 18.3 Å². The molecule has 0 spiro atoms. The maximum atomic E-state index is 14.2. The van der Waals surface area contributed by atoms with Gasteiger partial charge in [0.1, 0.15) is 0 Å². The number of sulfone groups is 1. The molecule has 2 N–H and O–H groups in total. The number of thiazole rings is 1. The fraction of sp³-hybridized carbons (Fsp3) is 0.211. The van der Waals surface area contributed by atoms with Gasteiger partial charge in [-0.15, -0.1) is 0 Å². The first-order valence-corrected chi connectivity index (χ1v) is 12.0. The summed E-state index contributed by atoms with van der Waals surface area (Å²) >= 11 is 6.46. The van der Waals surface area contributed by atoms with Gasteiger partial charge in [0.15, 0.2) is 15.0 Å². The average Bonchev–Trinajstić information content (AvgIpc) is 3.12. The van der Waals surface area contributed by atoms with Crippen LogP contribution < -0.4 is 10.6 Å². The number of rotatable bonds is 6. The fourth-order valence-electron chi connectivity index (χ4n) is 2.77. The van der Waals surface area contributed by atoms with Crippen LogP contribution in [-0.2, 0) is 19.4 Å². The molecule has 1 aromatic heterocycles. The minimum Gasteiger partial charge on any atom is -0.466 e. The van der Waals surface area contributed by atoms with Gasteiger partial charge >= 0.3 is 17.8 Å². The van der Waals surface area contributed by atoms with Crippen LogP contribution in [0.15, 0.2) is 47.4 Å². The van der Waals surface area contributed by atoms with E-state index < -0.39 is 38.7 Å². The topological polar surface area (TPSA) is 114 Å². The van der Waals surface area contributed by atoms with Crippen molar-refractivity contribution in [2.75, 3.05) is 18.7 Å². The third-order valence-corrected chi connectivity index (χ3v) is 6.67. The van der Waals surface area contributed by atoms with E-state index in [1.807, 2.05) is 5.32 Å². The quantitative estimate of drug-likeness (QED) is 0.376. The number of nitrogens with zero attached hydrogens (tertiary/aromatic N) is 1. The van der Waals surface area contributed by atoms with Crippen LogP contribution in [-0.4, -0.2) is 50.5 Å². The van der Waals surface area contributed by atoms with Crippen LogP contribution >= 0.6 is 22.9 Å². The van der Waals surface area contributed by atoms with E-state index in [0.717, 1.165) is 19.4 Å². The van der Waals surface area contributed by atoms with Crippen LogP contribution in [0, 0.1) is 0 Å². The predicted molar refractivity (Wildman–Crippen MR) is 116 cm³/mol. The van der Waals surface area contributed by atoms with Crippen molar-refractivity contribution in [1.82, 2.24) is 10.3 Å². The molecule has 33 heavy (non-hydrogen) atoms. The Morgan fingerprint density at radius 2 is 1.85 bits per heavy atom. The van der Waals surface area contributed by atoms with Crippen molar-refractivity contribution < 1.29 is 35.9 Å². The molecule has 1 amide bonds. The number of aromatic nitrogens is 1. The SMILES string of the molecule is COC(=O)C(NC(=O)c1cccc(Cl)c1)(Nc1nc2ccc(S(C)(=O)=O)cc2s1)C(F)(F)F. The van der Waals surface area contributed by atoms with Gasteiger partial charge in [-0.2, -0.15) is 13.2 Å². The summed E-state index contributed by atoms with van der Waals surface area (Å²) in [5.41, 5.74) is -3.75. The first kappa shape index (κ1) is 24.7. The van der Waals surface area contributed by atoms with Gasteiger partial charge in [-0.25, -0.2) is 18.2 Å². The van der Waals surface area contributed by atoms with Crippen LogP contribution in [0.2, 0.25) is 5.02 Å². The molecule has 0 saturated heterocycles. The van der Waals surface area contributed by atoms with Crippen molar-refractivity contribution >= 4 is 60.0 Å². The molecule has 1 heterocycles. The van der Waals surface area contributed by atoms with Gasteiger partial charge in [-0.1, -0.05) is 29.0 Å². The fourth-order valence-corrected chi connectivity index (χ4v) is 4.64. The number of fused-ring (bicyclic) bond motifs is 1. The van der Waals surface area contributed by atoms with Crippen molar-refractivity contribution in [1.29, 1.82) is 0 Å². The van der Waals surface area contributed by atoms with Crippen LogP contribution in [0.1, 0.15) is 10.4 Å². The van der Waals surface area contributed by atoms with E-state index in [1.165, 1.54) is 36.4 Å². The maximum absolute atomic E-state index is 14.2. The van der Waals surface area contributed by atoms with Gasteiger partial charge in [-0.05, 0) is 36.4 Å². The zero-order valence-electron chi connectivity index (χ0n) is 16.9. The van der Waals surface area contributed by atoms with Gasteiger partial charge in [0.25, 0.3) is 5.91 Å². The number of alkyl halides is 3. The van der Waals surface area contributed by atoms with Crippen LogP contribution in [0.25, 0.3) is 10.2 Å². The number of anilines is 1. The van der Waals surface area contributed by atoms with E-state index in [1.54, 1.807) is 5.32 Å². The van der Waals surface area contributed by atoms with E-state index in [-0.39, 0.29) is 25.7 Å². The highest BCUT2D eigenvalue weighted by molar-refractivity contribution is 7.90. The molecule has 1 unspecified atom stereocenters. The normalized spacial score (nSPS) is 13.9. The molecule has 0 saturated carbocycles. The molecule has 0 radical (unpaired) electrons. The summed E-state index contributed by atoms with van der Waals surface area (Å²) in [6.07, 6.45) is -4.39. The maximum Gasteiger partial charge on any atom is 0.442 e. The number of hydrogen-bond donors (Lipinski definition) is 2. The lowest BCUT2D eigenvalue weighted by molar-refractivity contribution is -0.203. The number of nitrogens with one attached hydrogen (secondary N) is 2. The van der Waals surface area contributed by atoms with E-state index in [0.29, 0.717) is 11.3 Å². The summed E-state index contributed by atoms with van der Waals surface area (Å²) in [5.74, 6) is -3.10. The molecule has 0 bridgehead atoms. The van der Waals surface area contributed by atoms with E-state index in [2.05, 4.69) is 9.72 Å². The first-order valence-electron chi connectivity index (χ1n) is 8.89. The number of carbonyl (C=O) groups excluding carboxylic acids is 2. The molecule has 0 aliphatic rings. The Bertz CT molecular complexity index is 1340. The second-order valence-electron chi connectivity index (χ2n) is 6.75. The molecular weight excluding hydrogens is 507 g/mol. The van der Waals surface area contributed by atoms with Gasteiger partial charge in [-0.3, -0.25) is 4.79 Å². The molecule has 8 nitrogen and oxygen atoms in total. The monoisotopic (exact) mass is 521 g/mol. The molecule has 0 aliphatic heterocycles. The minimum atomic E-state index is -5.37. The van der Waals surface area contributed by atoms with Gasteiger partial charge in [0.2, 0.25) is 0 Å². The summed E-state index contributed by atoms with van der Waals surface area (Å²) in [6, 6.07) is 8.91. The smallest absolute Gasteiger partial charge is 0.442 e. The van der Waals surface area contributed by atoms with Crippen molar-refractivity contribution in [2.24, 2.45) is 0 Å². The van der Waals surface area contributed by atoms with E-state index in [9.17, 15) is 31.2 Å². The molecule has 3 rings (SSSR count). The Morgan fingerprint density at radius 3 is 2.42 bits per heavy atom. The van der Waals surface area contributed by atoms with E-state index >= 15 is 0 Å². The van der Waals surface area contributed by atoms with E-state index in [4.69, 9.17) is 11.6 Å². The largest absolute Gasteiger partial charge is 0.466 e. The van der Waals surface area contributed by atoms with Crippen LogP contribution in [0.5, 0.6) is 0 Å². The van der Waals surface area contributed by atoms with Crippen molar-refractivity contribution in [3.63, 3.8) is 0 Å². The van der Waals surface area contributed by atoms with Crippen LogP contribution in [0.3, 0.4) is 0 Å². The molecule has 176 valence electrons. The Kier molecular flexibility index (Phi) is 6.60. The first-order chi connectivity index (χ1) is 15.3. The zero-order valence-corrected chi connectivity index (χ0v) is 19.2. The number of halogens is 4. The highest BCUT2D eigenvalue weighted by Gasteiger charge is 2.64. The summed E-state index contributed by atoms with van der Waals surface area (Å²) in [4.78, 5) is 28.9. The Labute approximate surface area is 194 Å². The molecule has 1 atom stereocenters. The number of amides is 1. The number of esters is 1. The second-order valence-corrected chi connectivity index (χ2v) is 10.2. The van der Waals surface area contributed by atoms with Crippen molar-refractivity contribution in [2.45, 2.75) is 16.7 Å². The van der Waals surface area contributed by atoms with Gasteiger partial charge < -0.3 is 15.4 Å². The average molecular weight is 522 g/mol. The Hall–Kier alpha value is -2.90. The van der Waals surface area contributed by atoms with Crippen molar-refractivity contribution in [3.8, 4) is 0 Å². The zero-order chi connectivity index (χ0) is 24.6. The number of methoxy groups -OCH3 is 1. The Balaban J connectivity index is 2.08. The standard InChI is InChI=1S/C19H15ClF3N3O5S2/c1-31-16(28)18(19(21,22)23,25-15(27)10-4-3-5-11(20)8-10)26-17-24-13-7-6-12(33(2,29)30)9-14(13)32-17/h3-9H,1-2H3,(H,24,26)(H,25,27). The van der Waals surface area contributed by atoms with Gasteiger partial charge in [0, 0.05) is 16.8 Å². The summed E-state index contributed by atoms with van der Waals surface area (Å²) in [6.45, 7) is 0. The summed E-state index contributed by atoms with van der Waals surface area (Å²) < 4.78 is 70.8. The molecule has 0 aliphatic carbocycles. The minimum absolute atomic E-state index is 0.0606. The molecular formula is C19H15ClF3N3O5S2. The molecule has 2 aromatic carbocycles. The molecule has 14 heteroatoms. The highest BCUT2D eigenvalue weighted by Crippen LogP contribution is 2.36. The molecule has 0 fully saturated rings. The summed E-state index contributed by atoms with van der Waals surface area (Å²) in [7, 11) is -2.85. The predicted octanol–water partition coefficient (Wildman–Crippen LogP) is 3.63. The highest BCUT2D eigenvalue weighted by atomic mass is 35.5. The van der Waals surface area contributed by atoms with Crippen molar-refractivity contribution in [3.05, 3.63) is 53.1 Å². The second kappa shape index (κ2) is 8.80. The summed E-state index contributed by atoms with van der Waals surface area (Å²) in [5, 5.41) is 3.28. The lowest BCUT2D eigenvalue weighted by atomic mass is 10.1. The number of carbonyl (C=O) groups is 2. The number of hydrogen-bond acceptors (Lipinski definition) is 8. The number of ether oxygens (including phenoxy) is 1. The van der Waals surface area contributed by atoms with Gasteiger partial charge in [0.05, 0.1) is 22.2 Å². The lowest BCUT2D eigenvalue weighted by Crippen LogP contribution is -2.69. The molecule has 3 aromatic rings.